The highest BCUT2D eigenvalue weighted by Crippen LogP contribution is 2.36. The van der Waals surface area contributed by atoms with E-state index >= 15 is 0 Å². The van der Waals surface area contributed by atoms with Gasteiger partial charge in [-0.05, 0) is 32.9 Å². The van der Waals surface area contributed by atoms with Crippen LogP contribution in [-0.4, -0.2) is 43.3 Å². The monoisotopic (exact) mass is 384 g/mol. The van der Waals surface area contributed by atoms with E-state index in [1.165, 1.54) is 30.2 Å². The zero-order valence-electron chi connectivity index (χ0n) is 15.1. The fourth-order valence-electron chi connectivity index (χ4n) is 2.94. The van der Waals surface area contributed by atoms with E-state index in [9.17, 15) is 14.0 Å². The Labute approximate surface area is 156 Å². The number of amides is 2. The minimum absolute atomic E-state index is 0.0314. The maximum atomic E-state index is 14.4. The Balaban J connectivity index is 2.54. The lowest BCUT2D eigenvalue weighted by Crippen LogP contribution is -2.50. The van der Waals surface area contributed by atoms with Gasteiger partial charge in [-0.15, -0.1) is 0 Å². The number of rotatable bonds is 6. The molecule has 1 aromatic rings. The third-order valence-electron chi connectivity index (χ3n) is 4.07. The van der Waals surface area contributed by atoms with E-state index in [4.69, 9.17) is 21.1 Å². The van der Waals surface area contributed by atoms with Crippen LogP contribution in [0.15, 0.2) is 29.5 Å². The van der Waals surface area contributed by atoms with Crippen molar-refractivity contribution in [2.75, 3.05) is 20.3 Å². The number of allylic oxidation sites excluding steroid dienone is 1. The van der Waals surface area contributed by atoms with E-state index in [0.717, 1.165) is 0 Å². The quantitative estimate of drug-likeness (QED) is 0.602. The van der Waals surface area contributed by atoms with Crippen LogP contribution in [0, 0.1) is 5.82 Å². The molecule has 1 atom stereocenters. The summed E-state index contributed by atoms with van der Waals surface area (Å²) in [5, 5.41) is 2.78. The van der Waals surface area contributed by atoms with Gasteiger partial charge in [0.1, 0.15) is 12.4 Å². The molecular formula is C18H22ClFN2O4. The topological polar surface area (TPSA) is 67.9 Å². The van der Waals surface area contributed by atoms with E-state index in [1.807, 2.05) is 13.8 Å². The van der Waals surface area contributed by atoms with E-state index < -0.39 is 23.9 Å². The highest BCUT2D eigenvalue weighted by molar-refractivity contribution is 6.31. The maximum absolute atomic E-state index is 14.4. The number of carbonyl (C=O) groups is 2. The summed E-state index contributed by atoms with van der Waals surface area (Å²) < 4.78 is 24.5. The summed E-state index contributed by atoms with van der Waals surface area (Å²) in [5.74, 6) is -1.27. The molecule has 2 amide bonds. The number of urea groups is 1. The van der Waals surface area contributed by atoms with Crippen molar-refractivity contribution in [1.29, 1.82) is 0 Å². The molecule has 2 rings (SSSR count). The fraction of sp³-hybridized carbons (Fsp3) is 0.444. The minimum atomic E-state index is -1.04. The molecule has 0 unspecified atom stereocenters. The SMILES string of the molecule is COCCOC(=O)C1=C(C)N(C(C)C)C(=O)N[C@H]1c1c(F)cccc1Cl. The third kappa shape index (κ3) is 3.99. The zero-order chi connectivity index (χ0) is 19.4. The van der Waals surface area contributed by atoms with Crippen LogP contribution >= 0.6 is 11.6 Å². The first-order valence-corrected chi connectivity index (χ1v) is 8.57. The van der Waals surface area contributed by atoms with E-state index in [2.05, 4.69) is 5.32 Å². The fourth-order valence-corrected chi connectivity index (χ4v) is 3.21. The molecule has 1 N–H and O–H groups in total. The Morgan fingerprint density at radius 3 is 2.65 bits per heavy atom. The first-order valence-electron chi connectivity index (χ1n) is 8.20. The molecule has 0 saturated carbocycles. The second-order valence-electron chi connectivity index (χ2n) is 6.11. The van der Waals surface area contributed by atoms with Crippen LogP contribution in [0.5, 0.6) is 0 Å². The van der Waals surface area contributed by atoms with Crippen LogP contribution < -0.4 is 5.32 Å². The molecule has 0 radical (unpaired) electrons. The normalized spacial score (nSPS) is 17.6. The summed E-state index contributed by atoms with van der Waals surface area (Å²) in [5.41, 5.74) is 0.570. The molecule has 1 heterocycles. The number of carbonyl (C=O) groups excluding carboxylic acids is 2. The van der Waals surface area contributed by atoms with Gasteiger partial charge in [-0.2, -0.15) is 0 Å². The molecule has 8 heteroatoms. The number of esters is 1. The first kappa shape index (κ1) is 20.2. The van der Waals surface area contributed by atoms with Crippen LogP contribution in [-0.2, 0) is 14.3 Å². The number of benzene rings is 1. The van der Waals surface area contributed by atoms with Crippen LogP contribution in [0.25, 0.3) is 0 Å². The summed E-state index contributed by atoms with van der Waals surface area (Å²) in [6, 6.07) is 2.51. The highest BCUT2D eigenvalue weighted by atomic mass is 35.5. The standard InChI is InChI=1S/C18H22ClFN2O4/c1-10(2)22-11(3)14(17(23)26-9-8-25-4)16(21-18(22)24)15-12(19)6-5-7-13(15)20/h5-7,10,16H,8-9H2,1-4H3,(H,21,24)/t16-/m1/s1. The highest BCUT2D eigenvalue weighted by Gasteiger charge is 2.39. The van der Waals surface area contributed by atoms with Gasteiger partial charge in [-0.25, -0.2) is 14.0 Å². The number of halogens is 2. The predicted octanol–water partition coefficient (Wildman–Crippen LogP) is 3.42. The molecule has 0 bridgehead atoms. The van der Waals surface area contributed by atoms with Crippen molar-refractivity contribution in [3.63, 3.8) is 0 Å². The van der Waals surface area contributed by atoms with Crippen molar-refractivity contribution in [3.8, 4) is 0 Å². The molecule has 1 aliphatic rings. The van der Waals surface area contributed by atoms with Gasteiger partial charge >= 0.3 is 12.0 Å². The van der Waals surface area contributed by atoms with Crippen LogP contribution in [0.2, 0.25) is 5.02 Å². The molecular weight excluding hydrogens is 363 g/mol. The smallest absolute Gasteiger partial charge is 0.338 e. The summed E-state index contributed by atoms with van der Waals surface area (Å²) in [7, 11) is 1.49. The van der Waals surface area contributed by atoms with Crippen molar-refractivity contribution < 1.29 is 23.5 Å². The van der Waals surface area contributed by atoms with Gasteiger partial charge in [0.2, 0.25) is 0 Å². The summed E-state index contributed by atoms with van der Waals surface area (Å²) >= 11 is 6.15. The average Bonchev–Trinajstić information content (AvgIpc) is 2.54. The summed E-state index contributed by atoms with van der Waals surface area (Å²) in [6.07, 6.45) is 0. The Hall–Kier alpha value is -2.12. The van der Waals surface area contributed by atoms with Gasteiger partial charge in [0.15, 0.2) is 0 Å². The van der Waals surface area contributed by atoms with Gasteiger partial charge in [0.05, 0.1) is 18.2 Å². The summed E-state index contributed by atoms with van der Waals surface area (Å²) in [4.78, 5) is 26.6. The molecule has 6 nitrogen and oxygen atoms in total. The van der Waals surface area contributed by atoms with E-state index in [0.29, 0.717) is 5.70 Å². The van der Waals surface area contributed by atoms with Crippen LogP contribution in [0.4, 0.5) is 9.18 Å². The van der Waals surface area contributed by atoms with Gasteiger partial charge in [0, 0.05) is 29.4 Å². The van der Waals surface area contributed by atoms with Gasteiger partial charge in [0.25, 0.3) is 0 Å². The molecule has 1 aliphatic heterocycles. The van der Waals surface area contributed by atoms with Crippen LogP contribution in [0.3, 0.4) is 0 Å². The van der Waals surface area contributed by atoms with Gasteiger partial charge in [-0.3, -0.25) is 4.90 Å². The van der Waals surface area contributed by atoms with E-state index in [1.54, 1.807) is 6.92 Å². The van der Waals surface area contributed by atoms with Crippen molar-refractivity contribution in [2.45, 2.75) is 32.9 Å². The van der Waals surface area contributed by atoms with Crippen molar-refractivity contribution in [2.24, 2.45) is 0 Å². The summed E-state index contributed by atoms with van der Waals surface area (Å²) in [6.45, 7) is 5.52. The van der Waals surface area contributed by atoms with Gasteiger partial charge in [-0.1, -0.05) is 17.7 Å². The Bertz CT molecular complexity index is 716. The predicted molar refractivity (Wildman–Crippen MR) is 95.2 cm³/mol. The molecule has 26 heavy (non-hydrogen) atoms. The largest absolute Gasteiger partial charge is 0.460 e. The Kier molecular flexibility index (Phi) is 6.61. The van der Waals surface area contributed by atoms with Crippen molar-refractivity contribution in [1.82, 2.24) is 10.2 Å². The zero-order valence-corrected chi connectivity index (χ0v) is 15.9. The lowest BCUT2D eigenvalue weighted by molar-refractivity contribution is -0.140. The molecule has 0 spiro atoms. The number of hydrogen-bond donors (Lipinski definition) is 1. The minimum Gasteiger partial charge on any atom is -0.460 e. The molecule has 0 aliphatic carbocycles. The van der Waals surface area contributed by atoms with Crippen LogP contribution in [0.1, 0.15) is 32.4 Å². The second-order valence-corrected chi connectivity index (χ2v) is 6.52. The lowest BCUT2D eigenvalue weighted by atomic mass is 9.94. The number of nitrogens with one attached hydrogen (secondary N) is 1. The molecule has 0 saturated heterocycles. The molecule has 142 valence electrons. The second kappa shape index (κ2) is 8.51. The molecule has 0 aromatic heterocycles. The first-order chi connectivity index (χ1) is 12.3. The maximum Gasteiger partial charge on any atom is 0.338 e. The molecule has 1 aromatic carbocycles. The Morgan fingerprint density at radius 2 is 2.08 bits per heavy atom. The number of methoxy groups -OCH3 is 1. The Morgan fingerprint density at radius 1 is 1.38 bits per heavy atom. The van der Waals surface area contributed by atoms with E-state index in [-0.39, 0.29) is 35.4 Å². The van der Waals surface area contributed by atoms with Crippen molar-refractivity contribution in [3.05, 3.63) is 45.9 Å². The third-order valence-corrected chi connectivity index (χ3v) is 4.40. The van der Waals surface area contributed by atoms with Gasteiger partial charge < -0.3 is 14.8 Å². The molecule has 0 fully saturated rings. The van der Waals surface area contributed by atoms with Crippen molar-refractivity contribution >= 4 is 23.6 Å². The number of hydrogen-bond acceptors (Lipinski definition) is 4. The average molecular weight is 385 g/mol. The number of ether oxygens (including phenoxy) is 2. The number of nitrogens with zero attached hydrogens (tertiary/aromatic N) is 1. The lowest BCUT2D eigenvalue weighted by Gasteiger charge is -2.37.